The number of aryl methyl sites for hydroxylation is 1. The van der Waals surface area contributed by atoms with Crippen LogP contribution < -0.4 is 19.1 Å². The molecule has 2 aromatic carbocycles. The molecular weight excluding hydrogens is 450 g/mol. The highest BCUT2D eigenvalue weighted by atomic mass is 16.5. The first-order chi connectivity index (χ1) is 16.7. The van der Waals surface area contributed by atoms with Crippen LogP contribution in [0.4, 0.5) is 5.69 Å². The number of ether oxygens (including phenoxy) is 3. The average Bonchev–Trinajstić information content (AvgIpc) is 3.46. The first-order valence-corrected chi connectivity index (χ1v) is 11.1. The number of nitrogens with zero attached hydrogens (tertiary/aromatic N) is 1. The van der Waals surface area contributed by atoms with Crippen LogP contribution in [0.5, 0.6) is 17.2 Å². The molecule has 0 spiro atoms. The predicted octanol–water partition coefficient (Wildman–Crippen LogP) is 5.02. The summed E-state index contributed by atoms with van der Waals surface area (Å²) in [4.78, 5) is 27.8. The second kappa shape index (κ2) is 9.58. The van der Waals surface area contributed by atoms with Crippen molar-refractivity contribution < 1.29 is 33.3 Å². The molecule has 0 aliphatic carbocycles. The van der Waals surface area contributed by atoms with Crippen molar-refractivity contribution >= 4 is 23.1 Å². The molecular formula is C27H27NO7. The zero-order valence-electron chi connectivity index (χ0n) is 20.2. The van der Waals surface area contributed by atoms with Crippen LogP contribution >= 0.6 is 0 Å². The first kappa shape index (κ1) is 23.9. The standard InChI is InChI=1S/C27H27NO7/c1-15(2)35-21-9-8-17(11-16(21)3)25(29)23-24(22-7-6-10-34-22)28(27(31)26(23)30)18-12-19(32-4)14-20(13-18)33-5/h6-15,24,29H,1-5H3/b25-23-. The average molecular weight is 478 g/mol. The van der Waals surface area contributed by atoms with Gasteiger partial charge in [0.25, 0.3) is 11.7 Å². The number of benzene rings is 2. The van der Waals surface area contributed by atoms with Gasteiger partial charge in [-0.05, 0) is 56.7 Å². The Morgan fingerprint density at radius 1 is 1.03 bits per heavy atom. The van der Waals surface area contributed by atoms with Crippen LogP contribution in [0.25, 0.3) is 5.76 Å². The van der Waals surface area contributed by atoms with E-state index in [0.29, 0.717) is 34.3 Å². The van der Waals surface area contributed by atoms with Gasteiger partial charge >= 0.3 is 0 Å². The summed E-state index contributed by atoms with van der Waals surface area (Å²) in [5.74, 6) is -0.0643. The SMILES string of the molecule is COc1cc(OC)cc(N2C(=O)C(=O)/C(=C(\O)c3ccc(OC(C)C)c(C)c3)C2c2ccco2)c1. The molecule has 2 heterocycles. The van der Waals surface area contributed by atoms with Crippen molar-refractivity contribution in [2.45, 2.75) is 32.9 Å². The third-order valence-electron chi connectivity index (χ3n) is 5.68. The predicted molar refractivity (Wildman–Crippen MR) is 130 cm³/mol. The molecule has 1 aliphatic rings. The number of aliphatic hydroxyl groups excluding tert-OH is 1. The fourth-order valence-electron chi connectivity index (χ4n) is 4.08. The number of carbonyl (C=O) groups excluding carboxylic acids is 2. The summed E-state index contributed by atoms with van der Waals surface area (Å²) in [5, 5.41) is 11.3. The van der Waals surface area contributed by atoms with Gasteiger partial charge in [0.15, 0.2) is 0 Å². The Kier molecular flexibility index (Phi) is 6.55. The maximum atomic E-state index is 13.3. The van der Waals surface area contributed by atoms with Gasteiger partial charge in [-0.25, -0.2) is 0 Å². The van der Waals surface area contributed by atoms with Crippen molar-refractivity contribution in [1.82, 2.24) is 0 Å². The number of aliphatic hydroxyl groups is 1. The summed E-state index contributed by atoms with van der Waals surface area (Å²) in [6.07, 6.45) is 1.43. The maximum absolute atomic E-state index is 13.3. The van der Waals surface area contributed by atoms with Crippen molar-refractivity contribution in [3.63, 3.8) is 0 Å². The van der Waals surface area contributed by atoms with E-state index in [-0.39, 0.29) is 17.4 Å². The van der Waals surface area contributed by atoms with Gasteiger partial charge in [0, 0.05) is 23.8 Å². The fraction of sp³-hybridized carbons (Fsp3) is 0.259. The molecule has 35 heavy (non-hydrogen) atoms. The lowest BCUT2D eigenvalue weighted by Gasteiger charge is -2.24. The zero-order valence-corrected chi connectivity index (χ0v) is 20.2. The number of anilines is 1. The van der Waals surface area contributed by atoms with Crippen LogP contribution in [-0.4, -0.2) is 37.1 Å². The summed E-state index contributed by atoms with van der Waals surface area (Å²) in [6, 6.07) is 12.3. The zero-order chi connectivity index (χ0) is 25.3. The molecule has 1 fully saturated rings. The van der Waals surface area contributed by atoms with Crippen LogP contribution in [0.1, 0.15) is 36.8 Å². The maximum Gasteiger partial charge on any atom is 0.300 e. The van der Waals surface area contributed by atoms with Crippen LogP contribution in [0.2, 0.25) is 0 Å². The van der Waals surface area contributed by atoms with E-state index in [1.165, 1.54) is 25.4 Å². The molecule has 1 aliphatic heterocycles. The van der Waals surface area contributed by atoms with Crippen molar-refractivity contribution in [1.29, 1.82) is 0 Å². The Hall–Kier alpha value is -4.20. The summed E-state index contributed by atoms with van der Waals surface area (Å²) in [7, 11) is 2.98. The van der Waals surface area contributed by atoms with Crippen LogP contribution in [0, 0.1) is 6.92 Å². The molecule has 1 unspecified atom stereocenters. The third kappa shape index (κ3) is 4.47. The van der Waals surface area contributed by atoms with E-state index in [1.807, 2.05) is 20.8 Å². The number of furan rings is 1. The molecule has 0 saturated carbocycles. The summed E-state index contributed by atoms with van der Waals surface area (Å²) < 4.78 is 22.1. The number of amides is 1. The van der Waals surface area contributed by atoms with Gasteiger partial charge in [0.1, 0.15) is 34.8 Å². The number of carbonyl (C=O) groups is 2. The minimum Gasteiger partial charge on any atom is -0.507 e. The van der Waals surface area contributed by atoms with E-state index in [1.54, 1.807) is 48.5 Å². The molecule has 3 aromatic rings. The molecule has 1 amide bonds. The van der Waals surface area contributed by atoms with E-state index in [4.69, 9.17) is 18.6 Å². The topological polar surface area (TPSA) is 98.4 Å². The Bertz CT molecular complexity index is 1270. The highest BCUT2D eigenvalue weighted by molar-refractivity contribution is 6.51. The van der Waals surface area contributed by atoms with Gasteiger partial charge in [0.05, 0.1) is 37.8 Å². The van der Waals surface area contributed by atoms with Crippen LogP contribution in [-0.2, 0) is 9.59 Å². The van der Waals surface area contributed by atoms with E-state index in [9.17, 15) is 14.7 Å². The molecule has 1 N–H and O–H groups in total. The fourth-order valence-corrected chi connectivity index (χ4v) is 4.08. The lowest BCUT2D eigenvalue weighted by atomic mass is 9.98. The molecule has 1 saturated heterocycles. The van der Waals surface area contributed by atoms with Crippen molar-refractivity contribution in [3.05, 3.63) is 77.3 Å². The van der Waals surface area contributed by atoms with Gasteiger partial charge in [0.2, 0.25) is 0 Å². The van der Waals surface area contributed by atoms with Gasteiger partial charge in [-0.15, -0.1) is 0 Å². The number of Topliss-reactive ketones (excluding diaryl/α,β-unsaturated/α-hetero) is 1. The first-order valence-electron chi connectivity index (χ1n) is 11.1. The normalized spacial score (nSPS) is 17.2. The lowest BCUT2D eigenvalue weighted by Crippen LogP contribution is -2.29. The number of hydrogen-bond donors (Lipinski definition) is 1. The molecule has 0 radical (unpaired) electrons. The summed E-state index contributed by atoms with van der Waals surface area (Å²) >= 11 is 0. The lowest BCUT2D eigenvalue weighted by molar-refractivity contribution is -0.132. The third-order valence-corrected chi connectivity index (χ3v) is 5.68. The van der Waals surface area contributed by atoms with Crippen molar-refractivity contribution in [2.75, 3.05) is 19.1 Å². The monoisotopic (exact) mass is 477 g/mol. The minimum absolute atomic E-state index is 0.0164. The Morgan fingerprint density at radius 3 is 2.26 bits per heavy atom. The summed E-state index contributed by atoms with van der Waals surface area (Å²) in [5.41, 5.74) is 1.45. The Balaban J connectivity index is 1.88. The van der Waals surface area contributed by atoms with Crippen molar-refractivity contribution in [2.24, 2.45) is 0 Å². The number of methoxy groups -OCH3 is 2. The molecule has 8 nitrogen and oxygen atoms in total. The Morgan fingerprint density at radius 2 is 1.71 bits per heavy atom. The minimum atomic E-state index is -0.992. The van der Waals surface area contributed by atoms with Gasteiger partial charge in [-0.1, -0.05) is 0 Å². The molecule has 1 aromatic heterocycles. The number of ketones is 1. The summed E-state index contributed by atoms with van der Waals surface area (Å²) in [6.45, 7) is 5.69. The molecule has 182 valence electrons. The van der Waals surface area contributed by atoms with Crippen LogP contribution in [0.3, 0.4) is 0 Å². The Labute approximate surface area is 203 Å². The molecule has 4 rings (SSSR count). The van der Waals surface area contributed by atoms with Gasteiger partial charge in [-0.2, -0.15) is 0 Å². The molecule has 0 bridgehead atoms. The quantitative estimate of drug-likeness (QED) is 0.290. The number of hydrogen-bond acceptors (Lipinski definition) is 7. The van der Waals surface area contributed by atoms with E-state index in [0.717, 1.165) is 5.56 Å². The van der Waals surface area contributed by atoms with Gasteiger partial charge in [-0.3, -0.25) is 14.5 Å². The second-order valence-electron chi connectivity index (χ2n) is 8.40. The van der Waals surface area contributed by atoms with E-state index >= 15 is 0 Å². The second-order valence-corrected chi connectivity index (χ2v) is 8.40. The molecule has 8 heteroatoms. The van der Waals surface area contributed by atoms with E-state index in [2.05, 4.69) is 0 Å². The largest absolute Gasteiger partial charge is 0.507 e. The van der Waals surface area contributed by atoms with Crippen LogP contribution in [0.15, 0.2) is 64.8 Å². The smallest absolute Gasteiger partial charge is 0.300 e. The number of rotatable bonds is 7. The van der Waals surface area contributed by atoms with Gasteiger partial charge < -0.3 is 23.7 Å². The van der Waals surface area contributed by atoms with E-state index < -0.39 is 17.7 Å². The highest BCUT2D eigenvalue weighted by Crippen LogP contribution is 2.44. The molecule has 1 atom stereocenters. The van der Waals surface area contributed by atoms with Crippen molar-refractivity contribution in [3.8, 4) is 17.2 Å². The highest BCUT2D eigenvalue weighted by Gasteiger charge is 2.48.